The largest absolute Gasteiger partial charge is 0.493 e. The van der Waals surface area contributed by atoms with E-state index in [9.17, 15) is 9.90 Å². The molecule has 1 aromatic rings. The molecule has 1 aliphatic carbocycles. The smallest absolute Gasteiger partial charge is 0.312 e. The summed E-state index contributed by atoms with van der Waals surface area (Å²) in [5.41, 5.74) is 5.96. The first-order valence-corrected chi connectivity index (χ1v) is 6.88. The third kappa shape index (κ3) is 3.16. The number of carbonyl (C=O) groups is 1. The Morgan fingerprint density at radius 3 is 2.75 bits per heavy atom. The van der Waals surface area contributed by atoms with E-state index in [0.717, 1.165) is 12.8 Å². The van der Waals surface area contributed by atoms with Gasteiger partial charge in [-0.25, -0.2) is 0 Å². The van der Waals surface area contributed by atoms with E-state index in [1.54, 1.807) is 12.1 Å². The summed E-state index contributed by atoms with van der Waals surface area (Å²) in [7, 11) is 1.51. The molecule has 1 unspecified atom stereocenters. The second-order valence-electron chi connectivity index (χ2n) is 4.87. The van der Waals surface area contributed by atoms with E-state index in [2.05, 4.69) is 0 Å². The summed E-state index contributed by atoms with van der Waals surface area (Å²) in [6.07, 6.45) is 2.27. The zero-order valence-corrected chi connectivity index (χ0v) is 12.0. The molecule has 1 fully saturated rings. The van der Waals surface area contributed by atoms with Crippen molar-refractivity contribution < 1.29 is 19.4 Å². The maximum Gasteiger partial charge on any atom is 0.312 e. The molecule has 0 aliphatic heterocycles. The summed E-state index contributed by atoms with van der Waals surface area (Å²) in [5.74, 6) is -0.534. The fraction of sp³-hybridized carbons (Fsp3) is 0.500. The number of nitrogens with two attached hydrogens (primary N) is 1. The van der Waals surface area contributed by atoms with Crippen molar-refractivity contribution in [3.05, 3.63) is 22.7 Å². The summed E-state index contributed by atoms with van der Waals surface area (Å²) in [5, 5.41) is 9.62. The van der Waals surface area contributed by atoms with E-state index in [0.29, 0.717) is 34.6 Å². The fourth-order valence-corrected chi connectivity index (χ4v) is 2.30. The standard InChI is InChI=1S/C14H18ClNO4/c1-19-11-5-4-10(15)12(9(6-16)14(17)18)13(11)20-7-8-2-3-8/h4-5,8-9H,2-3,6-7,16H2,1H3,(H,17,18). The number of rotatable bonds is 7. The fourth-order valence-electron chi connectivity index (χ4n) is 2.02. The minimum absolute atomic E-state index is 0.0536. The monoisotopic (exact) mass is 299 g/mol. The van der Waals surface area contributed by atoms with Crippen LogP contribution < -0.4 is 15.2 Å². The molecule has 0 radical (unpaired) electrons. The van der Waals surface area contributed by atoms with E-state index < -0.39 is 11.9 Å². The molecule has 5 nitrogen and oxygen atoms in total. The first-order chi connectivity index (χ1) is 9.58. The normalized spacial score (nSPS) is 15.8. The van der Waals surface area contributed by atoms with Gasteiger partial charge in [0, 0.05) is 17.1 Å². The van der Waals surface area contributed by atoms with Crippen LogP contribution in [0.3, 0.4) is 0 Å². The number of methoxy groups -OCH3 is 1. The molecule has 1 aromatic carbocycles. The molecule has 20 heavy (non-hydrogen) atoms. The van der Waals surface area contributed by atoms with Gasteiger partial charge in [-0.3, -0.25) is 4.79 Å². The number of hydrogen-bond donors (Lipinski definition) is 2. The molecule has 6 heteroatoms. The second kappa shape index (κ2) is 6.33. The Bertz CT molecular complexity index is 502. The lowest BCUT2D eigenvalue weighted by molar-refractivity contribution is -0.138. The topological polar surface area (TPSA) is 81.8 Å². The Kier molecular flexibility index (Phi) is 4.73. The highest BCUT2D eigenvalue weighted by Crippen LogP contribution is 2.41. The van der Waals surface area contributed by atoms with Crippen molar-refractivity contribution in [2.24, 2.45) is 11.7 Å². The Morgan fingerprint density at radius 2 is 2.25 bits per heavy atom. The maximum atomic E-state index is 11.4. The molecule has 0 spiro atoms. The van der Waals surface area contributed by atoms with Crippen LogP contribution in [0.15, 0.2) is 12.1 Å². The lowest BCUT2D eigenvalue weighted by atomic mass is 9.97. The van der Waals surface area contributed by atoms with Crippen LogP contribution in [0.1, 0.15) is 24.3 Å². The van der Waals surface area contributed by atoms with Crippen molar-refractivity contribution in [3.8, 4) is 11.5 Å². The first-order valence-electron chi connectivity index (χ1n) is 6.50. The predicted molar refractivity (Wildman–Crippen MR) is 75.7 cm³/mol. The summed E-state index contributed by atoms with van der Waals surface area (Å²) >= 11 is 6.15. The van der Waals surface area contributed by atoms with Crippen LogP contribution >= 0.6 is 11.6 Å². The average molecular weight is 300 g/mol. The van der Waals surface area contributed by atoms with E-state index >= 15 is 0 Å². The van der Waals surface area contributed by atoms with Gasteiger partial charge in [0.05, 0.1) is 19.6 Å². The van der Waals surface area contributed by atoms with Gasteiger partial charge >= 0.3 is 5.97 Å². The average Bonchev–Trinajstić information content (AvgIpc) is 3.23. The summed E-state index contributed by atoms with van der Waals surface area (Å²) < 4.78 is 11.0. The molecule has 110 valence electrons. The number of carboxylic acid groups (broad SMARTS) is 1. The minimum Gasteiger partial charge on any atom is -0.493 e. The van der Waals surface area contributed by atoms with E-state index in [1.165, 1.54) is 7.11 Å². The van der Waals surface area contributed by atoms with Crippen LogP contribution in [0.2, 0.25) is 5.02 Å². The Morgan fingerprint density at radius 1 is 1.55 bits per heavy atom. The van der Waals surface area contributed by atoms with Gasteiger partial charge in [-0.05, 0) is 30.9 Å². The lowest BCUT2D eigenvalue weighted by Gasteiger charge is -2.20. The third-order valence-electron chi connectivity index (χ3n) is 3.37. The molecule has 1 aliphatic rings. The van der Waals surface area contributed by atoms with Crippen molar-refractivity contribution in [2.45, 2.75) is 18.8 Å². The summed E-state index contributed by atoms with van der Waals surface area (Å²) in [4.78, 5) is 11.4. The van der Waals surface area contributed by atoms with Gasteiger partial charge in [0.25, 0.3) is 0 Å². The number of benzene rings is 1. The molecule has 0 aromatic heterocycles. The predicted octanol–water partition coefficient (Wildman–Crippen LogP) is 2.26. The Hall–Kier alpha value is -1.46. The highest BCUT2D eigenvalue weighted by molar-refractivity contribution is 6.32. The highest BCUT2D eigenvalue weighted by Gasteiger charge is 2.29. The molecule has 2 rings (SSSR count). The molecular weight excluding hydrogens is 282 g/mol. The Labute approximate surface area is 122 Å². The van der Waals surface area contributed by atoms with Crippen LogP contribution in [-0.2, 0) is 4.79 Å². The molecule has 3 N–H and O–H groups in total. The zero-order chi connectivity index (χ0) is 14.7. The summed E-state index contributed by atoms with van der Waals surface area (Å²) in [6.45, 7) is 0.489. The number of carboxylic acids is 1. The van der Waals surface area contributed by atoms with Crippen LogP contribution in [-0.4, -0.2) is 31.3 Å². The molecular formula is C14H18ClNO4. The number of halogens is 1. The molecule has 0 heterocycles. The number of ether oxygens (including phenoxy) is 2. The van der Waals surface area contributed by atoms with Crippen molar-refractivity contribution in [1.82, 2.24) is 0 Å². The summed E-state index contributed by atoms with van der Waals surface area (Å²) in [6, 6.07) is 3.27. The molecule has 0 saturated heterocycles. The van der Waals surface area contributed by atoms with Crippen molar-refractivity contribution in [3.63, 3.8) is 0 Å². The Balaban J connectivity index is 2.41. The molecule has 0 amide bonds. The van der Waals surface area contributed by atoms with E-state index in [4.69, 9.17) is 26.8 Å². The second-order valence-corrected chi connectivity index (χ2v) is 5.28. The lowest BCUT2D eigenvalue weighted by Crippen LogP contribution is -2.22. The van der Waals surface area contributed by atoms with Gasteiger partial charge in [-0.1, -0.05) is 11.6 Å². The van der Waals surface area contributed by atoms with Crippen LogP contribution in [0.4, 0.5) is 0 Å². The SMILES string of the molecule is COc1ccc(Cl)c(C(CN)C(=O)O)c1OCC1CC1. The zero-order valence-electron chi connectivity index (χ0n) is 11.3. The van der Waals surface area contributed by atoms with Gasteiger partial charge in [0.15, 0.2) is 11.5 Å². The molecule has 1 saturated carbocycles. The van der Waals surface area contributed by atoms with Crippen LogP contribution in [0.5, 0.6) is 11.5 Å². The van der Waals surface area contributed by atoms with Gasteiger partial charge in [0.2, 0.25) is 0 Å². The van der Waals surface area contributed by atoms with E-state index in [-0.39, 0.29) is 6.54 Å². The highest BCUT2D eigenvalue weighted by atomic mass is 35.5. The number of aliphatic carboxylic acids is 1. The van der Waals surface area contributed by atoms with E-state index in [1.807, 2.05) is 0 Å². The van der Waals surface area contributed by atoms with Crippen LogP contribution in [0.25, 0.3) is 0 Å². The van der Waals surface area contributed by atoms with Crippen molar-refractivity contribution >= 4 is 17.6 Å². The van der Waals surface area contributed by atoms with Gasteiger partial charge in [0.1, 0.15) is 0 Å². The van der Waals surface area contributed by atoms with Gasteiger partial charge in [-0.2, -0.15) is 0 Å². The minimum atomic E-state index is -1.03. The molecule has 0 bridgehead atoms. The number of hydrogen-bond acceptors (Lipinski definition) is 4. The van der Waals surface area contributed by atoms with Gasteiger partial charge < -0.3 is 20.3 Å². The first kappa shape index (κ1) is 14.9. The third-order valence-corrected chi connectivity index (χ3v) is 3.70. The molecule has 1 atom stereocenters. The van der Waals surface area contributed by atoms with Crippen molar-refractivity contribution in [2.75, 3.05) is 20.3 Å². The van der Waals surface area contributed by atoms with Crippen LogP contribution in [0, 0.1) is 5.92 Å². The maximum absolute atomic E-state index is 11.4. The van der Waals surface area contributed by atoms with Crippen molar-refractivity contribution in [1.29, 1.82) is 0 Å². The van der Waals surface area contributed by atoms with Gasteiger partial charge in [-0.15, -0.1) is 0 Å². The quantitative estimate of drug-likeness (QED) is 0.807.